The van der Waals surface area contributed by atoms with Gasteiger partial charge < -0.3 is 20.4 Å². The summed E-state index contributed by atoms with van der Waals surface area (Å²) in [6.45, 7) is 3.46. The van der Waals surface area contributed by atoms with Gasteiger partial charge in [0.25, 0.3) is 17.7 Å². The van der Waals surface area contributed by atoms with Crippen LogP contribution < -0.4 is 25.8 Å². The number of nitrogens with zero attached hydrogens (tertiary/aromatic N) is 8. The SMILES string of the molecule is CNc1cc(N2CCc3c(C#CCN4CCC(N5CCC6(CCN(C(=O)c7ccc(Cl)c(N8CCC(=O)NC8=O)c7)CC6)CC5)C(F)(F)C4)cccc32)nn2c(C(=O)N[C@@H]3C[C@@H]3F)cnc12. The second-order valence-corrected chi connectivity index (χ2v) is 18.8. The Hall–Kier alpha value is -5.90. The van der Waals surface area contributed by atoms with E-state index in [0.29, 0.717) is 92.0 Å². The molecule has 3 N–H and O–H groups in total. The van der Waals surface area contributed by atoms with Gasteiger partial charge in [-0.05, 0) is 92.9 Å². The Morgan fingerprint density at radius 1 is 0.955 bits per heavy atom. The summed E-state index contributed by atoms with van der Waals surface area (Å²) < 4.78 is 47.0. The molecule has 2 aromatic carbocycles. The number of halogens is 4. The molecule has 5 amide bonds. The number of likely N-dealkylation sites (tertiary alicyclic amines) is 3. The predicted octanol–water partition coefficient (Wildman–Crippen LogP) is 5.48. The van der Waals surface area contributed by atoms with Crippen LogP contribution in [0.2, 0.25) is 5.02 Å². The van der Waals surface area contributed by atoms with E-state index in [-0.39, 0.29) is 49.0 Å². The maximum Gasteiger partial charge on any atom is 0.328 e. The van der Waals surface area contributed by atoms with Gasteiger partial charge >= 0.3 is 6.03 Å². The number of rotatable bonds is 8. The molecule has 1 aliphatic carbocycles. The minimum Gasteiger partial charge on any atom is -0.385 e. The summed E-state index contributed by atoms with van der Waals surface area (Å²) in [5, 5.41) is 13.2. The van der Waals surface area contributed by atoms with Crippen molar-refractivity contribution in [2.75, 3.05) is 81.1 Å². The van der Waals surface area contributed by atoms with Crippen LogP contribution in [-0.2, 0) is 11.2 Å². The predicted molar refractivity (Wildman–Crippen MR) is 242 cm³/mol. The third-order valence-electron chi connectivity index (χ3n) is 14.4. The Kier molecular flexibility index (Phi) is 11.6. The number of benzene rings is 2. The molecule has 0 bridgehead atoms. The van der Waals surface area contributed by atoms with Crippen LogP contribution in [0.5, 0.6) is 0 Å². The van der Waals surface area contributed by atoms with E-state index in [1.54, 1.807) is 30.1 Å². The van der Waals surface area contributed by atoms with Gasteiger partial charge in [-0.3, -0.25) is 34.4 Å². The molecule has 5 fully saturated rings. The fourth-order valence-electron chi connectivity index (χ4n) is 10.4. The summed E-state index contributed by atoms with van der Waals surface area (Å²) >= 11 is 6.41. The molecule has 6 aliphatic rings. The van der Waals surface area contributed by atoms with Crippen LogP contribution in [0, 0.1) is 17.3 Å². The highest BCUT2D eigenvalue weighted by Gasteiger charge is 2.50. The normalized spacial score (nSPS) is 23.9. The number of piperidine rings is 3. The van der Waals surface area contributed by atoms with Crippen LogP contribution in [0.25, 0.3) is 5.65 Å². The summed E-state index contributed by atoms with van der Waals surface area (Å²) in [6, 6.07) is 10.7. The summed E-state index contributed by atoms with van der Waals surface area (Å²) in [5.74, 6) is 3.22. The summed E-state index contributed by atoms with van der Waals surface area (Å²) in [4.78, 5) is 64.1. The topological polar surface area (TPSA) is 151 Å². The molecule has 10 rings (SSSR count). The lowest BCUT2D eigenvalue weighted by molar-refractivity contribution is -0.135. The molecule has 4 aromatic rings. The van der Waals surface area contributed by atoms with Gasteiger partial charge in [-0.2, -0.15) is 0 Å². The van der Waals surface area contributed by atoms with Crippen molar-refractivity contribution in [3.8, 4) is 11.8 Å². The van der Waals surface area contributed by atoms with E-state index >= 15 is 8.78 Å². The van der Waals surface area contributed by atoms with Crippen LogP contribution in [-0.4, -0.2) is 143 Å². The van der Waals surface area contributed by atoms with Gasteiger partial charge in [-0.25, -0.2) is 27.5 Å². The standard InChI is InChI=1S/C47H51ClF3N11O4/c1-52-35-26-40(56-62-38(27-53-42(35)62)43(64)54-34-25-33(34)49)60-18-9-31-29(4-2-6-36(31)60)5-3-16-57-17-10-39(47(50,51)28-57)58-20-12-46(13-21-58)14-22-59(23-15-46)44(65)30-7-8-32(48)37(24-30)61-19-11-41(63)55-45(61)66/h2,4,6-8,24,26-27,33-34,39,52H,9-23,25,28H2,1H3,(H,54,64)(H,55,63,66)/t33-,34+,39?/m0/s1. The average Bonchev–Trinajstić information content (AvgIpc) is 3.61. The molecule has 19 heteroatoms. The van der Waals surface area contributed by atoms with Crippen molar-refractivity contribution in [3.63, 3.8) is 0 Å². The molecule has 0 radical (unpaired) electrons. The lowest BCUT2D eigenvalue weighted by atomic mass is 9.70. The van der Waals surface area contributed by atoms with Gasteiger partial charge in [0.05, 0.1) is 47.8 Å². The lowest BCUT2D eigenvalue weighted by Gasteiger charge is -2.50. The number of imidazole rings is 1. The zero-order valence-corrected chi connectivity index (χ0v) is 37.4. The molecule has 2 aromatic heterocycles. The maximum absolute atomic E-state index is 16.0. The van der Waals surface area contributed by atoms with E-state index in [4.69, 9.17) is 16.7 Å². The Bertz CT molecular complexity index is 2670. The number of nitrogens with one attached hydrogen (secondary N) is 3. The molecule has 346 valence electrons. The first-order valence-electron chi connectivity index (χ1n) is 22.7. The number of imide groups is 1. The summed E-state index contributed by atoms with van der Waals surface area (Å²) in [5.41, 5.74) is 4.94. The van der Waals surface area contributed by atoms with Crippen LogP contribution in [0.1, 0.15) is 76.9 Å². The smallest absolute Gasteiger partial charge is 0.328 e. The van der Waals surface area contributed by atoms with Crippen LogP contribution >= 0.6 is 11.6 Å². The number of carbonyl (C=O) groups is 4. The molecule has 15 nitrogen and oxygen atoms in total. The molecule has 4 saturated heterocycles. The van der Waals surface area contributed by atoms with E-state index in [1.165, 1.54) is 15.6 Å². The Morgan fingerprint density at radius 2 is 1.71 bits per heavy atom. The number of hydrogen-bond acceptors (Lipinski definition) is 10. The van der Waals surface area contributed by atoms with Crippen molar-refractivity contribution in [2.45, 2.75) is 75.5 Å². The van der Waals surface area contributed by atoms with Gasteiger partial charge in [-0.15, -0.1) is 5.10 Å². The number of aromatic nitrogens is 3. The average molecular weight is 926 g/mol. The highest BCUT2D eigenvalue weighted by molar-refractivity contribution is 6.34. The molecule has 66 heavy (non-hydrogen) atoms. The Morgan fingerprint density at radius 3 is 2.44 bits per heavy atom. The zero-order chi connectivity index (χ0) is 45.9. The first-order chi connectivity index (χ1) is 31.8. The Labute approximate surface area is 385 Å². The first-order valence-corrected chi connectivity index (χ1v) is 23.1. The second-order valence-electron chi connectivity index (χ2n) is 18.4. The number of carbonyl (C=O) groups excluding carboxylic acids is 4. The first kappa shape index (κ1) is 44.0. The van der Waals surface area contributed by atoms with Crippen molar-refractivity contribution >= 4 is 63.9 Å². The van der Waals surface area contributed by atoms with E-state index in [0.717, 1.165) is 42.5 Å². The lowest BCUT2D eigenvalue weighted by Crippen LogP contribution is -2.60. The maximum atomic E-state index is 16.0. The minimum absolute atomic E-state index is 0.00382. The number of amides is 5. The van der Waals surface area contributed by atoms with Crippen molar-refractivity contribution < 1.29 is 32.3 Å². The summed E-state index contributed by atoms with van der Waals surface area (Å²) in [6.07, 6.45) is 5.07. The molecule has 7 heterocycles. The van der Waals surface area contributed by atoms with E-state index in [2.05, 4.69) is 37.7 Å². The van der Waals surface area contributed by atoms with Gasteiger partial charge in [0.15, 0.2) is 17.2 Å². The largest absolute Gasteiger partial charge is 0.385 e. The molecule has 1 unspecified atom stereocenters. The van der Waals surface area contributed by atoms with Gasteiger partial charge in [0.2, 0.25) is 5.91 Å². The highest BCUT2D eigenvalue weighted by atomic mass is 35.5. The molecular formula is C47H51ClF3N11O4. The third kappa shape index (κ3) is 8.41. The van der Waals surface area contributed by atoms with Crippen molar-refractivity contribution in [3.05, 3.63) is 76.1 Å². The van der Waals surface area contributed by atoms with Crippen LogP contribution in [0.4, 0.5) is 40.8 Å². The van der Waals surface area contributed by atoms with Gasteiger partial charge in [0, 0.05) is 75.5 Å². The van der Waals surface area contributed by atoms with E-state index in [1.807, 2.05) is 34.1 Å². The number of urea groups is 1. The van der Waals surface area contributed by atoms with Crippen LogP contribution in [0.15, 0.2) is 48.7 Å². The fourth-order valence-corrected chi connectivity index (χ4v) is 10.6. The van der Waals surface area contributed by atoms with E-state index < -0.39 is 36.1 Å². The number of alkyl halides is 3. The number of fused-ring (bicyclic) bond motifs is 2. The monoisotopic (exact) mass is 925 g/mol. The van der Waals surface area contributed by atoms with Crippen molar-refractivity contribution in [1.29, 1.82) is 0 Å². The fraction of sp³-hybridized carbons (Fsp3) is 0.489. The number of anilines is 4. The second kappa shape index (κ2) is 17.4. The molecule has 3 atom stereocenters. The summed E-state index contributed by atoms with van der Waals surface area (Å²) in [7, 11) is 1.77. The Balaban J connectivity index is 0.728. The zero-order valence-electron chi connectivity index (χ0n) is 36.6. The highest BCUT2D eigenvalue weighted by Crippen LogP contribution is 2.44. The van der Waals surface area contributed by atoms with Crippen molar-refractivity contribution in [1.82, 2.24) is 39.9 Å². The molecule has 1 saturated carbocycles. The molecule has 5 aliphatic heterocycles. The van der Waals surface area contributed by atoms with Crippen LogP contribution in [0.3, 0.4) is 0 Å². The molecule has 1 spiro atoms. The minimum atomic E-state index is -2.90. The third-order valence-corrected chi connectivity index (χ3v) is 14.7. The number of hydrogen-bond donors (Lipinski definition) is 3. The van der Waals surface area contributed by atoms with Crippen molar-refractivity contribution in [2.24, 2.45) is 5.41 Å². The van der Waals surface area contributed by atoms with Gasteiger partial charge in [-0.1, -0.05) is 29.5 Å². The van der Waals surface area contributed by atoms with E-state index in [9.17, 15) is 23.6 Å². The quantitative estimate of drug-likeness (QED) is 0.194. The van der Waals surface area contributed by atoms with Gasteiger partial charge in [0.1, 0.15) is 6.17 Å². The molecular weight excluding hydrogens is 875 g/mol.